The van der Waals surface area contributed by atoms with Gasteiger partial charge in [-0.3, -0.25) is 9.36 Å². The number of methoxy groups -OCH3 is 1. The van der Waals surface area contributed by atoms with Crippen LogP contribution in [0.5, 0.6) is 0 Å². The Labute approximate surface area is 188 Å². The topological polar surface area (TPSA) is 61.9 Å². The Morgan fingerprint density at radius 2 is 2.03 bits per heavy atom. The molecule has 31 heavy (non-hydrogen) atoms. The first-order valence-corrected chi connectivity index (χ1v) is 11.3. The van der Waals surface area contributed by atoms with E-state index < -0.39 is 0 Å². The molecule has 2 heterocycles. The Morgan fingerprint density at radius 3 is 2.71 bits per heavy atom. The van der Waals surface area contributed by atoms with E-state index in [0.29, 0.717) is 24.1 Å². The van der Waals surface area contributed by atoms with Crippen molar-refractivity contribution in [2.45, 2.75) is 45.4 Å². The maximum atomic E-state index is 13.0. The molecule has 1 unspecified atom stereocenters. The highest BCUT2D eigenvalue weighted by Crippen LogP contribution is 2.27. The minimum Gasteiger partial charge on any atom is -0.383 e. The summed E-state index contributed by atoms with van der Waals surface area (Å²) in [6, 6.07) is 10.3. The number of Topliss-reactive ketones (excluding diaryl/α,β-unsaturated/α-hetero) is 1. The lowest BCUT2D eigenvalue weighted by Crippen LogP contribution is -2.15. The predicted molar refractivity (Wildman–Crippen MR) is 126 cm³/mol. The Morgan fingerprint density at radius 1 is 1.26 bits per heavy atom. The molecular weight excluding hydrogens is 408 g/mol. The average molecular weight is 439 g/mol. The van der Waals surface area contributed by atoms with Crippen molar-refractivity contribution in [2.75, 3.05) is 19.5 Å². The second kappa shape index (κ2) is 10.1. The standard InChI is InChI=1S/C24H30N4O2S/c1-7-11-27-23(20-10-8-9-16(2)12-20)25-26-24(27)31-15-22(29)21-13-17(3)28(19(21)5)18(4)14-30-6/h7-10,12-13,18H,1,11,14-15H2,2-6H3. The molecular formula is C24H30N4O2S. The molecule has 3 rings (SSSR count). The summed E-state index contributed by atoms with van der Waals surface area (Å²) in [7, 11) is 1.69. The fourth-order valence-corrected chi connectivity index (χ4v) is 4.78. The first kappa shape index (κ1) is 23.0. The number of carbonyl (C=O) groups excluding carboxylic acids is 1. The van der Waals surface area contributed by atoms with Gasteiger partial charge >= 0.3 is 0 Å². The van der Waals surface area contributed by atoms with Gasteiger partial charge in [-0.25, -0.2) is 0 Å². The SMILES string of the molecule is C=CCn1c(SCC(=O)c2cc(C)n(C(C)COC)c2C)nnc1-c1cccc(C)c1. The van der Waals surface area contributed by atoms with Gasteiger partial charge in [0.05, 0.1) is 18.4 Å². The third-order valence-corrected chi connectivity index (χ3v) is 6.24. The Kier molecular flexibility index (Phi) is 7.51. The zero-order chi connectivity index (χ0) is 22.5. The van der Waals surface area contributed by atoms with Crippen molar-refractivity contribution < 1.29 is 9.53 Å². The van der Waals surface area contributed by atoms with E-state index in [1.54, 1.807) is 7.11 Å². The van der Waals surface area contributed by atoms with E-state index in [9.17, 15) is 4.79 Å². The Balaban J connectivity index is 1.81. The molecule has 6 nitrogen and oxygen atoms in total. The third kappa shape index (κ3) is 4.99. The zero-order valence-corrected chi connectivity index (χ0v) is 19.7. The number of ether oxygens (including phenoxy) is 1. The minimum absolute atomic E-state index is 0.0826. The lowest BCUT2D eigenvalue weighted by Gasteiger charge is -2.17. The molecule has 3 aromatic rings. The Hall–Kier alpha value is -2.64. The van der Waals surface area contributed by atoms with E-state index in [0.717, 1.165) is 33.9 Å². The van der Waals surface area contributed by atoms with Crippen molar-refractivity contribution in [3.05, 3.63) is 65.5 Å². The summed E-state index contributed by atoms with van der Waals surface area (Å²) in [4.78, 5) is 13.0. The number of hydrogen-bond acceptors (Lipinski definition) is 5. The molecule has 0 N–H and O–H groups in total. The summed E-state index contributed by atoms with van der Waals surface area (Å²) in [5.41, 5.74) is 4.95. The molecule has 0 spiro atoms. The van der Waals surface area contributed by atoms with Gasteiger partial charge in [-0.2, -0.15) is 0 Å². The number of hydrogen-bond donors (Lipinski definition) is 0. The number of nitrogens with zero attached hydrogens (tertiary/aromatic N) is 4. The smallest absolute Gasteiger partial charge is 0.192 e. The largest absolute Gasteiger partial charge is 0.383 e. The van der Waals surface area contributed by atoms with Gasteiger partial charge in [0.25, 0.3) is 0 Å². The number of carbonyl (C=O) groups is 1. The predicted octanol–water partition coefficient (Wildman–Crippen LogP) is 5.04. The summed E-state index contributed by atoms with van der Waals surface area (Å²) in [6.07, 6.45) is 1.82. The van der Waals surface area contributed by atoms with Crippen molar-refractivity contribution >= 4 is 17.5 Å². The molecule has 0 bridgehead atoms. The van der Waals surface area contributed by atoms with Gasteiger partial charge in [-0.05, 0) is 39.8 Å². The van der Waals surface area contributed by atoms with Crippen LogP contribution >= 0.6 is 11.8 Å². The van der Waals surface area contributed by atoms with Crippen LogP contribution < -0.4 is 0 Å². The van der Waals surface area contributed by atoms with Crippen LogP contribution in [-0.4, -0.2) is 44.6 Å². The van der Waals surface area contributed by atoms with Gasteiger partial charge in [0.1, 0.15) is 0 Å². The molecule has 0 saturated carbocycles. The van der Waals surface area contributed by atoms with E-state index in [2.05, 4.69) is 47.3 Å². The number of benzene rings is 1. The van der Waals surface area contributed by atoms with Gasteiger partial charge in [-0.1, -0.05) is 41.6 Å². The lowest BCUT2D eigenvalue weighted by molar-refractivity contribution is 0.102. The second-order valence-corrected chi connectivity index (χ2v) is 8.69. The molecule has 2 aromatic heterocycles. The van der Waals surface area contributed by atoms with Crippen molar-refractivity contribution in [3.63, 3.8) is 0 Å². The first-order valence-electron chi connectivity index (χ1n) is 10.3. The maximum absolute atomic E-state index is 13.0. The van der Waals surface area contributed by atoms with Crippen molar-refractivity contribution in [3.8, 4) is 11.4 Å². The molecule has 164 valence electrons. The van der Waals surface area contributed by atoms with Crippen molar-refractivity contribution in [1.29, 1.82) is 0 Å². The molecule has 0 aliphatic carbocycles. The van der Waals surface area contributed by atoms with E-state index >= 15 is 0 Å². The third-order valence-electron chi connectivity index (χ3n) is 5.27. The fraction of sp³-hybridized carbons (Fsp3) is 0.375. The molecule has 0 saturated heterocycles. The average Bonchev–Trinajstić information content (AvgIpc) is 3.27. The molecule has 0 aliphatic heterocycles. The van der Waals surface area contributed by atoms with Crippen LogP contribution in [0, 0.1) is 20.8 Å². The minimum atomic E-state index is 0.0826. The molecule has 0 amide bonds. The molecule has 0 fully saturated rings. The fourth-order valence-electron chi connectivity index (χ4n) is 3.95. The van der Waals surface area contributed by atoms with E-state index in [-0.39, 0.29) is 11.8 Å². The monoisotopic (exact) mass is 438 g/mol. The quantitative estimate of drug-likeness (QED) is 0.252. The summed E-state index contributed by atoms with van der Waals surface area (Å²) in [6.45, 7) is 13.2. The van der Waals surface area contributed by atoms with Gasteiger partial charge < -0.3 is 9.30 Å². The van der Waals surface area contributed by atoms with Crippen molar-refractivity contribution in [2.24, 2.45) is 0 Å². The summed E-state index contributed by atoms with van der Waals surface area (Å²) < 4.78 is 9.46. The first-order chi connectivity index (χ1) is 14.9. The number of thioether (sulfide) groups is 1. The summed E-state index contributed by atoms with van der Waals surface area (Å²) in [5, 5.41) is 9.46. The molecule has 0 radical (unpaired) electrons. The van der Waals surface area contributed by atoms with E-state index in [1.807, 2.05) is 42.7 Å². The van der Waals surface area contributed by atoms with Crippen LogP contribution in [0.15, 0.2) is 48.1 Å². The van der Waals surface area contributed by atoms with E-state index in [1.165, 1.54) is 11.8 Å². The lowest BCUT2D eigenvalue weighted by atomic mass is 10.1. The number of rotatable bonds is 10. The zero-order valence-electron chi connectivity index (χ0n) is 18.9. The molecule has 7 heteroatoms. The van der Waals surface area contributed by atoms with Crippen LogP contribution in [0.25, 0.3) is 11.4 Å². The van der Waals surface area contributed by atoms with Crippen molar-refractivity contribution in [1.82, 2.24) is 19.3 Å². The molecule has 1 atom stereocenters. The number of aryl methyl sites for hydroxylation is 2. The summed E-state index contributed by atoms with van der Waals surface area (Å²) >= 11 is 1.41. The van der Waals surface area contributed by atoms with Gasteiger partial charge in [0, 0.05) is 36.2 Å². The highest BCUT2D eigenvalue weighted by Gasteiger charge is 2.20. The normalized spacial score (nSPS) is 12.2. The molecule has 0 aliphatic rings. The number of ketones is 1. The van der Waals surface area contributed by atoms with E-state index in [4.69, 9.17) is 4.74 Å². The van der Waals surface area contributed by atoms with Crippen LogP contribution in [0.4, 0.5) is 0 Å². The maximum Gasteiger partial charge on any atom is 0.192 e. The second-order valence-electron chi connectivity index (χ2n) is 7.75. The van der Waals surface area contributed by atoms with Gasteiger partial charge in [0.15, 0.2) is 16.8 Å². The highest BCUT2D eigenvalue weighted by atomic mass is 32.2. The van der Waals surface area contributed by atoms with Gasteiger partial charge in [-0.15, -0.1) is 16.8 Å². The van der Waals surface area contributed by atoms with Crippen LogP contribution in [-0.2, 0) is 11.3 Å². The van der Waals surface area contributed by atoms with Crippen LogP contribution in [0.2, 0.25) is 0 Å². The number of allylic oxidation sites excluding steroid dienone is 1. The van der Waals surface area contributed by atoms with Crippen LogP contribution in [0.3, 0.4) is 0 Å². The number of aromatic nitrogens is 4. The Bertz CT molecular complexity index is 1080. The summed E-state index contributed by atoms with van der Waals surface area (Å²) in [5.74, 6) is 1.16. The highest BCUT2D eigenvalue weighted by molar-refractivity contribution is 7.99. The molecule has 1 aromatic carbocycles. The van der Waals surface area contributed by atoms with Crippen LogP contribution in [0.1, 0.15) is 40.3 Å². The van der Waals surface area contributed by atoms with Gasteiger partial charge in [0.2, 0.25) is 0 Å².